The Morgan fingerprint density at radius 3 is 1.32 bits per heavy atom. The van der Waals surface area contributed by atoms with Crippen molar-refractivity contribution in [3.05, 3.63) is 177 Å². The summed E-state index contributed by atoms with van der Waals surface area (Å²) in [6, 6.07) is 40.6. The van der Waals surface area contributed by atoms with Crippen molar-refractivity contribution in [1.29, 1.82) is 0 Å². The van der Waals surface area contributed by atoms with Crippen LogP contribution in [0.15, 0.2) is 131 Å². The molecule has 0 aromatic heterocycles. The number of fused-ring (bicyclic) bond motifs is 2. The molecule has 0 saturated heterocycles. The first-order chi connectivity index (χ1) is 25.7. The van der Waals surface area contributed by atoms with Crippen molar-refractivity contribution in [1.82, 2.24) is 0 Å². The Morgan fingerprint density at radius 2 is 0.906 bits per heavy atom. The molecule has 6 nitrogen and oxygen atoms in total. The first kappa shape index (κ1) is 34.0. The zero-order valence-electron chi connectivity index (χ0n) is 30.6. The molecule has 2 aliphatic rings. The van der Waals surface area contributed by atoms with Gasteiger partial charge in [-0.3, -0.25) is 9.98 Å². The lowest BCUT2D eigenvalue weighted by molar-refractivity contribution is 0.464. The van der Waals surface area contributed by atoms with Gasteiger partial charge in [-0.25, -0.2) is 0 Å². The van der Waals surface area contributed by atoms with Gasteiger partial charge in [0.2, 0.25) is 0 Å². The second-order valence-corrected chi connectivity index (χ2v) is 14.5. The summed E-state index contributed by atoms with van der Waals surface area (Å²) < 4.78 is 0. The molecule has 53 heavy (non-hydrogen) atoms. The van der Waals surface area contributed by atoms with Crippen molar-refractivity contribution in [3.63, 3.8) is 0 Å². The maximum absolute atomic E-state index is 11.3. The van der Waals surface area contributed by atoms with Crippen molar-refractivity contribution >= 4 is 34.2 Å². The van der Waals surface area contributed by atoms with Crippen LogP contribution in [0.1, 0.15) is 80.6 Å². The molecule has 6 aromatic carbocycles. The molecule has 0 saturated carbocycles. The zero-order valence-corrected chi connectivity index (χ0v) is 30.6. The summed E-state index contributed by atoms with van der Waals surface area (Å²) in [7, 11) is 0. The minimum Gasteiger partial charge on any atom is -0.508 e. The Morgan fingerprint density at radius 1 is 0.509 bits per heavy atom. The van der Waals surface area contributed by atoms with Crippen LogP contribution in [0.3, 0.4) is 0 Å². The number of phenolic OH excluding ortho intramolecular Hbond substituents is 2. The molecule has 8 rings (SSSR count). The summed E-state index contributed by atoms with van der Waals surface area (Å²) in [6.07, 6.45) is 1.84. The standard InChI is InChI=1S/C47H44N4O2/c1-28-19-42-44(21-30(28)3)50-40(26-38(48-42)34-11-7-5-8-12-34)36-24-32(15-17-46(36)52)23-33-16-18-47(53)37(25-33)41-27-39(35-13-9-6-10-14-35)49-43-20-29(2)31(4)22-45(43)51-41/h5-22,24-25,40-41,50-53H,23,26-27H2,1-4H3. The van der Waals surface area contributed by atoms with Gasteiger partial charge in [0.25, 0.3) is 0 Å². The highest BCUT2D eigenvalue weighted by Crippen LogP contribution is 2.42. The van der Waals surface area contributed by atoms with Gasteiger partial charge in [0.1, 0.15) is 11.5 Å². The molecule has 2 atom stereocenters. The van der Waals surface area contributed by atoms with Crippen LogP contribution in [0, 0.1) is 27.7 Å². The van der Waals surface area contributed by atoms with Crippen LogP contribution in [-0.4, -0.2) is 21.6 Å². The Labute approximate surface area is 311 Å². The van der Waals surface area contributed by atoms with Crippen LogP contribution in [0.5, 0.6) is 11.5 Å². The summed E-state index contributed by atoms with van der Waals surface area (Å²) in [4.78, 5) is 10.3. The topological polar surface area (TPSA) is 89.2 Å². The van der Waals surface area contributed by atoms with Gasteiger partial charge in [0.05, 0.1) is 46.3 Å². The lowest BCUT2D eigenvalue weighted by Gasteiger charge is -2.22. The number of benzene rings is 6. The Balaban J connectivity index is 1.12. The third-order valence-electron chi connectivity index (χ3n) is 10.7. The highest BCUT2D eigenvalue weighted by molar-refractivity contribution is 6.05. The van der Waals surface area contributed by atoms with E-state index in [-0.39, 0.29) is 23.6 Å². The molecule has 2 aliphatic heterocycles. The molecule has 0 fully saturated rings. The van der Waals surface area contributed by atoms with Crippen LogP contribution >= 0.6 is 0 Å². The fourth-order valence-corrected chi connectivity index (χ4v) is 7.49. The van der Waals surface area contributed by atoms with Crippen LogP contribution in [-0.2, 0) is 6.42 Å². The molecule has 2 heterocycles. The molecule has 2 unspecified atom stereocenters. The molecule has 0 aliphatic carbocycles. The Hall–Kier alpha value is -6.14. The third-order valence-corrected chi connectivity index (χ3v) is 10.7. The molecule has 6 heteroatoms. The number of anilines is 2. The Bertz CT molecular complexity index is 2230. The number of aryl methyl sites for hydroxylation is 4. The lowest BCUT2D eigenvalue weighted by Crippen LogP contribution is -2.15. The number of aromatic hydroxyl groups is 2. The van der Waals surface area contributed by atoms with Gasteiger partial charge >= 0.3 is 0 Å². The average Bonchev–Trinajstić information content (AvgIpc) is 3.46. The minimum atomic E-state index is -0.203. The van der Waals surface area contributed by atoms with E-state index in [4.69, 9.17) is 9.98 Å². The predicted octanol–water partition coefficient (Wildman–Crippen LogP) is 11.3. The minimum absolute atomic E-state index is 0.203. The number of hydrogen-bond acceptors (Lipinski definition) is 6. The molecule has 4 N–H and O–H groups in total. The van der Waals surface area contributed by atoms with E-state index in [1.54, 1.807) is 12.1 Å². The van der Waals surface area contributed by atoms with Gasteiger partial charge in [-0.2, -0.15) is 0 Å². The molecule has 0 bridgehead atoms. The largest absolute Gasteiger partial charge is 0.508 e. The molecule has 264 valence electrons. The van der Waals surface area contributed by atoms with Gasteiger partial charge in [0, 0.05) is 24.0 Å². The van der Waals surface area contributed by atoms with Crippen LogP contribution in [0.2, 0.25) is 0 Å². The van der Waals surface area contributed by atoms with Crippen molar-refractivity contribution in [2.24, 2.45) is 9.98 Å². The van der Waals surface area contributed by atoms with Crippen molar-refractivity contribution < 1.29 is 10.2 Å². The van der Waals surface area contributed by atoms with E-state index in [0.717, 1.165) is 67.6 Å². The van der Waals surface area contributed by atoms with E-state index >= 15 is 0 Å². The van der Waals surface area contributed by atoms with Gasteiger partial charge in [-0.05, 0) is 127 Å². The quantitative estimate of drug-likeness (QED) is 0.140. The molecule has 0 amide bonds. The van der Waals surface area contributed by atoms with Crippen LogP contribution in [0.4, 0.5) is 22.7 Å². The van der Waals surface area contributed by atoms with Crippen molar-refractivity contribution in [2.75, 3.05) is 10.6 Å². The summed E-state index contributed by atoms with van der Waals surface area (Å²) in [6.45, 7) is 8.46. The third kappa shape index (κ3) is 7.05. The molecule has 0 radical (unpaired) electrons. The average molecular weight is 697 g/mol. The number of nitrogens with zero attached hydrogens (tertiary/aromatic N) is 2. The maximum Gasteiger partial charge on any atom is 0.120 e. The summed E-state index contributed by atoms with van der Waals surface area (Å²) in [5, 5.41) is 30.2. The summed E-state index contributed by atoms with van der Waals surface area (Å²) >= 11 is 0. The van der Waals surface area contributed by atoms with E-state index < -0.39 is 0 Å². The number of phenols is 2. The van der Waals surface area contributed by atoms with Crippen LogP contribution < -0.4 is 10.6 Å². The lowest BCUT2D eigenvalue weighted by atomic mass is 9.92. The van der Waals surface area contributed by atoms with E-state index in [1.165, 1.54) is 22.3 Å². The normalized spacial score (nSPS) is 16.5. The second kappa shape index (κ2) is 14.1. The second-order valence-electron chi connectivity index (χ2n) is 14.5. The number of nitrogens with one attached hydrogen (secondary N) is 2. The smallest absolute Gasteiger partial charge is 0.120 e. The number of aliphatic imine (C=N–C) groups is 2. The Kier molecular flexibility index (Phi) is 9.05. The number of rotatable bonds is 6. The SMILES string of the molecule is Cc1cc2c(cc1C)NC(c1cc(Cc3ccc(O)c(C4CC(c5ccccc5)=Nc5cc(C)c(C)cc5N4)c3)ccc1O)CC(c1ccccc1)=N2. The molecular formula is C47H44N4O2. The highest BCUT2D eigenvalue weighted by Gasteiger charge is 2.26. The fourth-order valence-electron chi connectivity index (χ4n) is 7.49. The molecular weight excluding hydrogens is 653 g/mol. The maximum atomic E-state index is 11.3. The van der Waals surface area contributed by atoms with E-state index in [1.807, 2.05) is 48.5 Å². The first-order valence-corrected chi connectivity index (χ1v) is 18.3. The van der Waals surface area contributed by atoms with Crippen molar-refractivity contribution in [2.45, 2.75) is 59.0 Å². The zero-order chi connectivity index (χ0) is 36.6. The van der Waals surface area contributed by atoms with Gasteiger partial charge in [-0.1, -0.05) is 72.8 Å². The van der Waals surface area contributed by atoms with Crippen LogP contribution in [0.25, 0.3) is 0 Å². The van der Waals surface area contributed by atoms with Crippen molar-refractivity contribution in [3.8, 4) is 11.5 Å². The monoisotopic (exact) mass is 696 g/mol. The fraction of sp³-hybridized carbons (Fsp3) is 0.191. The van der Waals surface area contributed by atoms with E-state index in [2.05, 4.69) is 99.0 Å². The van der Waals surface area contributed by atoms with Gasteiger partial charge < -0.3 is 20.8 Å². The van der Waals surface area contributed by atoms with Gasteiger partial charge in [-0.15, -0.1) is 0 Å². The summed E-state index contributed by atoms with van der Waals surface area (Å²) in [5.41, 5.74) is 16.3. The first-order valence-electron chi connectivity index (χ1n) is 18.3. The van der Waals surface area contributed by atoms with Gasteiger partial charge in [0.15, 0.2) is 0 Å². The number of hydrogen-bond donors (Lipinski definition) is 4. The highest BCUT2D eigenvalue weighted by atomic mass is 16.3. The van der Waals surface area contributed by atoms with E-state index in [9.17, 15) is 10.2 Å². The molecule has 6 aromatic rings. The molecule has 0 spiro atoms. The summed E-state index contributed by atoms with van der Waals surface area (Å²) in [5.74, 6) is 0.494. The van der Waals surface area contributed by atoms with E-state index in [0.29, 0.717) is 19.3 Å². The predicted molar refractivity (Wildman–Crippen MR) is 218 cm³/mol.